The normalized spacial score (nSPS) is 14.6. The molecule has 24 nitrogen and oxygen atoms in total. The molecule has 1 fully saturated rings. The number of alkyl carbamates (subject to hydrolysis) is 1. The molecule has 0 spiro atoms. The van der Waals surface area contributed by atoms with Gasteiger partial charge in [0.05, 0.1) is 78.4 Å². The third-order valence-electron chi connectivity index (χ3n) is 15.7. The minimum absolute atomic E-state index is 0.0159. The Morgan fingerprint density at radius 2 is 1.12 bits per heavy atom. The van der Waals surface area contributed by atoms with Gasteiger partial charge in [0, 0.05) is 30.7 Å². The number of benzene rings is 2. The van der Waals surface area contributed by atoms with E-state index in [4.69, 9.17) is 49.2 Å². The SMILES string of the molecule is C=C(C)C(=O)OCC1CCC(OC(=O)C(C)(C)CC)C(O)C1.C=CC(=O)OCCNC(=O)OCCOC(=O)C(C)CC.C=Cc1ccc(COC(=O)C(C)(C)CC)cc1.CCC(C)C(=O)N(CCC#N)CCC#N.CCC(C)C(=O)O.CCC(C)C(=O)OCc1ccc(C(=O)O)cc1. The Labute approximate surface area is 581 Å². The maximum absolute atomic E-state index is 12.1. The van der Waals surface area contributed by atoms with Crippen LogP contribution in [0.15, 0.2) is 79.9 Å². The van der Waals surface area contributed by atoms with Crippen LogP contribution in [0, 0.1) is 63.1 Å². The highest BCUT2D eigenvalue weighted by Crippen LogP contribution is 2.31. The molecule has 1 aliphatic carbocycles. The van der Waals surface area contributed by atoms with Crippen molar-refractivity contribution in [1.82, 2.24) is 10.2 Å². The Balaban J connectivity index is -0.00000113. The molecule has 0 aliphatic heterocycles. The minimum Gasteiger partial charge on any atom is -0.481 e. The van der Waals surface area contributed by atoms with E-state index in [1.807, 2.05) is 119 Å². The lowest BCUT2D eigenvalue weighted by Crippen LogP contribution is -2.41. The molecule has 4 N–H and O–H groups in total. The molecule has 1 saturated carbocycles. The van der Waals surface area contributed by atoms with Crippen molar-refractivity contribution in [2.75, 3.05) is 46.1 Å². The van der Waals surface area contributed by atoms with Crippen LogP contribution >= 0.6 is 0 Å². The van der Waals surface area contributed by atoms with Crippen LogP contribution in [0.1, 0.15) is 202 Å². The predicted octanol–water partition coefficient (Wildman–Crippen LogP) is 12.7. The summed E-state index contributed by atoms with van der Waals surface area (Å²) in [5.74, 6) is -3.93. The van der Waals surface area contributed by atoms with Crippen LogP contribution in [0.3, 0.4) is 0 Å². The van der Waals surface area contributed by atoms with Crippen molar-refractivity contribution >= 4 is 65.8 Å². The van der Waals surface area contributed by atoms with Gasteiger partial charge in [0.25, 0.3) is 0 Å². The van der Waals surface area contributed by atoms with Gasteiger partial charge in [-0.05, 0) is 127 Å². The summed E-state index contributed by atoms with van der Waals surface area (Å²) in [6.07, 6.45) is 7.85. The first-order valence-electron chi connectivity index (χ1n) is 33.3. The van der Waals surface area contributed by atoms with Gasteiger partial charge in [-0.2, -0.15) is 10.5 Å². The maximum Gasteiger partial charge on any atom is 0.407 e. The number of aliphatic hydroxyl groups is 1. The fourth-order valence-corrected chi connectivity index (χ4v) is 7.06. The zero-order chi connectivity index (χ0) is 75.6. The van der Waals surface area contributed by atoms with Crippen LogP contribution < -0.4 is 5.32 Å². The zero-order valence-corrected chi connectivity index (χ0v) is 60.7. The number of ether oxygens (including phenoxy) is 7. The molecule has 1 aliphatic rings. The topological polar surface area (TPSA) is 359 Å². The molecule has 548 valence electrons. The first-order valence-corrected chi connectivity index (χ1v) is 33.3. The Morgan fingerprint density at radius 3 is 1.55 bits per heavy atom. The molecule has 0 heterocycles. The number of carbonyl (C=O) groups excluding carboxylic acids is 8. The lowest BCUT2D eigenvalue weighted by Gasteiger charge is -2.34. The fraction of sp³-hybridized carbons (Fsp3) is 0.595. The van der Waals surface area contributed by atoms with Gasteiger partial charge in [0.15, 0.2) is 0 Å². The number of hydrogen-bond acceptors (Lipinski definition) is 20. The highest BCUT2D eigenvalue weighted by molar-refractivity contribution is 5.88. The second-order valence-electron chi connectivity index (χ2n) is 24.5. The number of aliphatic hydroxyl groups excluding tert-OH is 1. The van der Waals surface area contributed by atoms with E-state index in [1.54, 1.807) is 43.9 Å². The van der Waals surface area contributed by atoms with E-state index in [2.05, 4.69) is 29.8 Å². The summed E-state index contributed by atoms with van der Waals surface area (Å²) in [5, 5.41) is 46.4. The summed E-state index contributed by atoms with van der Waals surface area (Å²) in [7, 11) is 0. The Bertz CT molecular complexity index is 2840. The summed E-state index contributed by atoms with van der Waals surface area (Å²) in [6, 6.07) is 18.1. The van der Waals surface area contributed by atoms with Crippen LogP contribution in [0.4, 0.5) is 4.79 Å². The average Bonchev–Trinajstić information content (AvgIpc) is 0.869. The quantitative estimate of drug-likeness (QED) is 0.0223. The largest absolute Gasteiger partial charge is 0.481 e. The van der Waals surface area contributed by atoms with Crippen LogP contribution in [0.2, 0.25) is 0 Å². The number of carboxylic acids is 2. The third kappa shape index (κ3) is 42.6. The lowest BCUT2D eigenvalue weighted by atomic mass is 9.85. The van der Waals surface area contributed by atoms with Crippen LogP contribution in [0.25, 0.3) is 6.08 Å². The van der Waals surface area contributed by atoms with Crippen molar-refractivity contribution in [2.45, 2.75) is 200 Å². The molecule has 2 aromatic rings. The molecule has 24 heteroatoms. The number of amides is 2. The minimum atomic E-state index is -0.965. The number of nitriles is 2. The van der Waals surface area contributed by atoms with E-state index < -0.39 is 53.0 Å². The van der Waals surface area contributed by atoms with Gasteiger partial charge in [0.2, 0.25) is 5.91 Å². The van der Waals surface area contributed by atoms with Crippen molar-refractivity contribution < 1.29 is 96.4 Å². The number of aromatic carboxylic acids is 1. The molecule has 0 bridgehead atoms. The van der Waals surface area contributed by atoms with E-state index in [-0.39, 0.29) is 105 Å². The van der Waals surface area contributed by atoms with Gasteiger partial charge in [-0.3, -0.25) is 28.8 Å². The Hall–Kier alpha value is -8.90. The zero-order valence-electron chi connectivity index (χ0n) is 60.7. The van der Waals surface area contributed by atoms with Gasteiger partial charge in [0.1, 0.15) is 39.1 Å². The molecule has 0 saturated heterocycles. The monoisotopic (exact) mass is 1380 g/mol. The summed E-state index contributed by atoms with van der Waals surface area (Å²) in [5.41, 5.74) is 2.50. The Morgan fingerprint density at radius 1 is 0.643 bits per heavy atom. The predicted molar refractivity (Wildman–Crippen MR) is 371 cm³/mol. The number of rotatable bonds is 33. The highest BCUT2D eigenvalue weighted by atomic mass is 16.6. The molecule has 3 rings (SSSR count). The van der Waals surface area contributed by atoms with E-state index in [0.717, 1.165) is 54.9 Å². The van der Waals surface area contributed by atoms with Crippen LogP contribution in [0.5, 0.6) is 0 Å². The van der Waals surface area contributed by atoms with Crippen molar-refractivity contribution in [3.63, 3.8) is 0 Å². The summed E-state index contributed by atoms with van der Waals surface area (Å²) < 4.78 is 35.3. The van der Waals surface area contributed by atoms with E-state index in [9.17, 15) is 53.1 Å². The molecule has 0 aromatic heterocycles. The summed E-state index contributed by atoms with van der Waals surface area (Å²) >= 11 is 0. The number of aliphatic carboxylic acids is 1. The van der Waals surface area contributed by atoms with E-state index >= 15 is 0 Å². The summed E-state index contributed by atoms with van der Waals surface area (Å²) in [4.78, 5) is 114. The van der Waals surface area contributed by atoms with Crippen molar-refractivity contribution in [3.8, 4) is 12.1 Å². The van der Waals surface area contributed by atoms with Gasteiger partial charge in [-0.25, -0.2) is 19.2 Å². The first-order chi connectivity index (χ1) is 46.1. The van der Waals surface area contributed by atoms with Gasteiger partial charge >= 0.3 is 53.8 Å². The number of nitrogens with zero attached hydrogens (tertiary/aromatic N) is 3. The highest BCUT2D eigenvalue weighted by Gasteiger charge is 2.36. The Kier molecular flexibility index (Phi) is 50.6. The molecule has 2 aromatic carbocycles. The van der Waals surface area contributed by atoms with Crippen LogP contribution in [-0.4, -0.2) is 138 Å². The number of nitrogens with one attached hydrogen (secondary N) is 1. The molecule has 2 amide bonds. The molecular weight excluding hydrogens is 1260 g/mol. The second-order valence-corrected chi connectivity index (χ2v) is 24.5. The number of esters is 6. The van der Waals surface area contributed by atoms with E-state index in [0.29, 0.717) is 63.8 Å². The summed E-state index contributed by atoms with van der Waals surface area (Å²) in [6.45, 7) is 40.0. The maximum atomic E-state index is 12.1. The number of carboxylic acid groups (broad SMARTS) is 2. The molecule has 0 radical (unpaired) electrons. The molecule has 7 atom stereocenters. The average molecular weight is 1380 g/mol. The van der Waals surface area contributed by atoms with Gasteiger partial charge < -0.3 is 58.7 Å². The molecular formula is C74H112N4O20. The fourth-order valence-electron chi connectivity index (χ4n) is 7.06. The number of carbonyl (C=O) groups is 10. The smallest absolute Gasteiger partial charge is 0.407 e. The van der Waals surface area contributed by atoms with Crippen molar-refractivity contribution in [1.29, 1.82) is 10.5 Å². The van der Waals surface area contributed by atoms with Gasteiger partial charge in [-0.1, -0.05) is 131 Å². The van der Waals surface area contributed by atoms with E-state index in [1.165, 1.54) is 12.1 Å². The molecule has 7 unspecified atom stereocenters. The van der Waals surface area contributed by atoms with Gasteiger partial charge in [-0.15, -0.1) is 0 Å². The third-order valence-corrected chi connectivity index (χ3v) is 15.7. The molecule has 98 heavy (non-hydrogen) atoms. The standard InChI is InChI=1S/C17H28O5.C15H20O2.C13H21NO6.C13H16O4.C11H17N3O.C5H10O2/c1-6-17(4,5)16(20)22-14-8-7-12(9-13(14)18)10-21-15(19)11(2)3;1-5-12-7-9-13(10-8-12)11-17-14(16)15(3,4)6-2;1-4-10(3)12(16)19-8-9-20-13(17)14-6-7-18-11(15)5-2;1-3-9(2)13(16)17-8-10-4-6-11(7-5-10)12(14)15;1-3-10(2)11(15)14(8-4-6-12)9-5-7-13;1-3-4(2)5(6)7/h12-14,18H,2,6-10H2,1,3-5H3;5,7-10H,1,6,11H2,2-4H3;5,10H,2,4,6-9H2,1,3H3,(H,14,17);4-7,9H,3,8H2,1-2H3,(H,14,15);10H,3-5,8-9H2,1-2H3;4H,3H2,1-2H3,(H,6,7). The first kappa shape index (κ1) is 93.3. The van der Waals surface area contributed by atoms with Crippen molar-refractivity contribution in [2.24, 2.45) is 40.4 Å². The lowest BCUT2D eigenvalue weighted by molar-refractivity contribution is -0.170. The van der Waals surface area contributed by atoms with Crippen molar-refractivity contribution in [3.05, 3.63) is 102 Å². The number of hydrogen-bond donors (Lipinski definition) is 4. The van der Waals surface area contributed by atoms with Crippen LogP contribution in [-0.2, 0) is 84.7 Å². The second kappa shape index (κ2) is 53.2.